The summed E-state index contributed by atoms with van der Waals surface area (Å²) in [6, 6.07) is 15.9. The van der Waals surface area contributed by atoms with Gasteiger partial charge in [0.1, 0.15) is 0 Å². The number of Topliss-reactive ketones (excluding diaryl/α,β-unsaturated/α-hetero) is 1. The van der Waals surface area contributed by atoms with E-state index in [2.05, 4.69) is 29.2 Å². The van der Waals surface area contributed by atoms with Crippen molar-refractivity contribution in [3.8, 4) is 0 Å². The maximum absolute atomic E-state index is 12.8. The summed E-state index contributed by atoms with van der Waals surface area (Å²) in [4.78, 5) is 14.9. The lowest BCUT2D eigenvalue weighted by molar-refractivity contribution is -0.112. The van der Waals surface area contributed by atoms with Gasteiger partial charge in [-0.15, -0.1) is 0 Å². The second kappa shape index (κ2) is 7.71. The Morgan fingerprint density at radius 3 is 1.80 bits per heavy atom. The average molecular weight is 352 g/mol. The van der Waals surface area contributed by atoms with Crippen molar-refractivity contribution >= 4 is 35.2 Å². The number of carbonyl (C=O) groups is 1. The van der Waals surface area contributed by atoms with Crippen LogP contribution in [0.4, 0.5) is 5.69 Å². The van der Waals surface area contributed by atoms with Crippen LogP contribution >= 0.6 is 11.6 Å². The van der Waals surface area contributed by atoms with Gasteiger partial charge in [0.15, 0.2) is 5.78 Å². The summed E-state index contributed by atoms with van der Waals surface area (Å²) in [5.41, 5.74) is 5.01. The van der Waals surface area contributed by atoms with Crippen LogP contribution in [0.15, 0.2) is 59.7 Å². The number of rotatable bonds is 3. The molecule has 128 valence electrons. The van der Waals surface area contributed by atoms with Crippen molar-refractivity contribution in [2.24, 2.45) is 0 Å². The molecule has 0 N–H and O–H groups in total. The highest BCUT2D eigenvalue weighted by Gasteiger charge is 2.20. The van der Waals surface area contributed by atoms with E-state index >= 15 is 0 Å². The maximum Gasteiger partial charge on any atom is 0.185 e. The zero-order valence-corrected chi connectivity index (χ0v) is 15.4. The molecule has 1 aliphatic rings. The molecule has 0 aromatic heterocycles. The Kier molecular flexibility index (Phi) is 5.40. The van der Waals surface area contributed by atoms with E-state index in [1.165, 1.54) is 0 Å². The quantitative estimate of drug-likeness (QED) is 0.668. The van der Waals surface area contributed by atoms with Gasteiger partial charge in [0.2, 0.25) is 0 Å². The first kappa shape index (κ1) is 17.5. The molecule has 0 aliphatic heterocycles. The smallest absolute Gasteiger partial charge is 0.185 e. The fraction of sp³-hybridized carbons (Fsp3) is 0.227. The van der Waals surface area contributed by atoms with E-state index in [0.29, 0.717) is 5.02 Å². The Balaban J connectivity index is 1.82. The summed E-state index contributed by atoms with van der Waals surface area (Å²) in [6.07, 6.45) is 6.69. The highest BCUT2D eigenvalue weighted by Crippen LogP contribution is 2.28. The molecule has 0 atom stereocenters. The lowest BCUT2D eigenvalue weighted by Gasteiger charge is -2.17. The van der Waals surface area contributed by atoms with E-state index in [0.717, 1.165) is 47.2 Å². The van der Waals surface area contributed by atoms with Gasteiger partial charge < -0.3 is 4.90 Å². The number of anilines is 1. The molecule has 0 amide bonds. The van der Waals surface area contributed by atoms with Crippen molar-refractivity contribution in [3.63, 3.8) is 0 Å². The minimum atomic E-state index is 0.165. The Morgan fingerprint density at radius 2 is 1.32 bits per heavy atom. The normalized spacial score (nSPS) is 18.0. The summed E-state index contributed by atoms with van der Waals surface area (Å²) < 4.78 is 0. The molecular weight excluding hydrogens is 330 g/mol. The summed E-state index contributed by atoms with van der Waals surface area (Å²) in [5.74, 6) is 0.165. The molecule has 2 aromatic carbocycles. The second-order valence-corrected chi connectivity index (χ2v) is 7.00. The van der Waals surface area contributed by atoms with Gasteiger partial charge in [0, 0.05) is 36.0 Å². The van der Waals surface area contributed by atoms with Crippen LogP contribution in [0.2, 0.25) is 5.02 Å². The van der Waals surface area contributed by atoms with Crippen LogP contribution in [-0.2, 0) is 4.79 Å². The average Bonchev–Trinajstić information content (AvgIpc) is 2.61. The lowest BCUT2D eigenvalue weighted by atomic mass is 9.87. The molecule has 0 radical (unpaired) electrons. The van der Waals surface area contributed by atoms with Crippen LogP contribution < -0.4 is 4.90 Å². The number of halogens is 1. The summed E-state index contributed by atoms with van der Waals surface area (Å²) in [5, 5.41) is 0.707. The van der Waals surface area contributed by atoms with E-state index in [4.69, 9.17) is 11.6 Å². The molecule has 1 saturated carbocycles. The zero-order chi connectivity index (χ0) is 17.8. The van der Waals surface area contributed by atoms with Gasteiger partial charge in [-0.05, 0) is 66.8 Å². The summed E-state index contributed by atoms with van der Waals surface area (Å²) in [7, 11) is 4.04. The molecule has 1 fully saturated rings. The van der Waals surface area contributed by atoms with Crippen LogP contribution in [0.3, 0.4) is 0 Å². The van der Waals surface area contributed by atoms with Gasteiger partial charge in [-0.25, -0.2) is 0 Å². The van der Waals surface area contributed by atoms with E-state index in [-0.39, 0.29) is 5.78 Å². The molecule has 3 rings (SSSR count). The van der Waals surface area contributed by atoms with Gasteiger partial charge in [-0.2, -0.15) is 0 Å². The molecular formula is C22H22ClNO. The van der Waals surface area contributed by atoms with Crippen LogP contribution in [-0.4, -0.2) is 19.9 Å². The number of benzene rings is 2. The Morgan fingerprint density at radius 1 is 0.840 bits per heavy atom. The third-order valence-corrected chi connectivity index (χ3v) is 4.69. The minimum absolute atomic E-state index is 0.165. The maximum atomic E-state index is 12.8. The SMILES string of the molecule is CN(C)c1ccc(C=C2CCCC(=Cc3ccc(Cl)cc3)C2=O)cc1. The first-order valence-corrected chi connectivity index (χ1v) is 8.89. The van der Waals surface area contributed by atoms with Gasteiger partial charge in [-0.1, -0.05) is 35.9 Å². The van der Waals surface area contributed by atoms with Gasteiger partial charge in [-0.3, -0.25) is 4.79 Å². The Hall–Kier alpha value is -2.32. The number of ketones is 1. The first-order valence-electron chi connectivity index (χ1n) is 8.52. The molecule has 0 unspecified atom stereocenters. The van der Waals surface area contributed by atoms with Crippen molar-refractivity contribution in [1.82, 2.24) is 0 Å². The standard InChI is InChI=1S/C22H22ClNO/c1-24(2)21-12-8-17(9-13-21)15-19-5-3-4-18(22(19)25)14-16-6-10-20(23)11-7-16/h6-15H,3-5H2,1-2H3. The zero-order valence-electron chi connectivity index (χ0n) is 14.6. The van der Waals surface area contributed by atoms with Crippen molar-refractivity contribution in [1.29, 1.82) is 0 Å². The highest BCUT2D eigenvalue weighted by molar-refractivity contribution is 6.30. The summed E-state index contributed by atoms with van der Waals surface area (Å²) >= 11 is 5.93. The van der Waals surface area contributed by atoms with Gasteiger partial charge in [0.25, 0.3) is 0 Å². The monoisotopic (exact) mass is 351 g/mol. The molecule has 1 aliphatic carbocycles. The van der Waals surface area contributed by atoms with Crippen LogP contribution in [0.5, 0.6) is 0 Å². The highest BCUT2D eigenvalue weighted by atomic mass is 35.5. The van der Waals surface area contributed by atoms with E-state index in [1.54, 1.807) is 0 Å². The number of nitrogens with zero attached hydrogens (tertiary/aromatic N) is 1. The third-order valence-electron chi connectivity index (χ3n) is 4.44. The third kappa shape index (κ3) is 4.40. The van der Waals surface area contributed by atoms with Crippen LogP contribution in [0.1, 0.15) is 30.4 Å². The van der Waals surface area contributed by atoms with Gasteiger partial charge in [0.05, 0.1) is 0 Å². The van der Waals surface area contributed by atoms with E-state index in [1.807, 2.05) is 50.5 Å². The molecule has 0 spiro atoms. The molecule has 2 aromatic rings. The topological polar surface area (TPSA) is 20.3 Å². The summed E-state index contributed by atoms with van der Waals surface area (Å²) in [6.45, 7) is 0. The minimum Gasteiger partial charge on any atom is -0.378 e. The van der Waals surface area contributed by atoms with Crippen LogP contribution in [0, 0.1) is 0 Å². The fourth-order valence-corrected chi connectivity index (χ4v) is 3.13. The second-order valence-electron chi connectivity index (χ2n) is 6.56. The number of allylic oxidation sites excluding steroid dienone is 2. The Labute approximate surface area is 154 Å². The van der Waals surface area contributed by atoms with E-state index < -0.39 is 0 Å². The largest absolute Gasteiger partial charge is 0.378 e. The van der Waals surface area contributed by atoms with Gasteiger partial charge >= 0.3 is 0 Å². The molecule has 0 heterocycles. The molecule has 3 heteroatoms. The van der Waals surface area contributed by atoms with Crippen molar-refractivity contribution in [3.05, 3.63) is 75.8 Å². The Bertz CT molecular complexity index is 814. The molecule has 0 saturated heterocycles. The number of hydrogen-bond donors (Lipinski definition) is 0. The van der Waals surface area contributed by atoms with E-state index in [9.17, 15) is 4.79 Å². The predicted octanol–water partition coefficient (Wildman–Crippen LogP) is 5.63. The lowest BCUT2D eigenvalue weighted by Crippen LogP contribution is -2.12. The molecule has 25 heavy (non-hydrogen) atoms. The van der Waals surface area contributed by atoms with Crippen molar-refractivity contribution in [2.75, 3.05) is 19.0 Å². The molecule has 0 bridgehead atoms. The van der Waals surface area contributed by atoms with Crippen LogP contribution in [0.25, 0.3) is 12.2 Å². The fourth-order valence-electron chi connectivity index (χ4n) is 3.01. The predicted molar refractivity (Wildman–Crippen MR) is 107 cm³/mol. The first-order chi connectivity index (χ1) is 12.0. The van der Waals surface area contributed by atoms with Crippen molar-refractivity contribution in [2.45, 2.75) is 19.3 Å². The number of hydrogen-bond acceptors (Lipinski definition) is 2. The molecule has 2 nitrogen and oxygen atoms in total. The van der Waals surface area contributed by atoms with Crippen molar-refractivity contribution < 1.29 is 4.79 Å². The number of carbonyl (C=O) groups excluding carboxylic acids is 1.